The van der Waals surface area contributed by atoms with E-state index in [1.165, 1.54) is 18.4 Å². The summed E-state index contributed by atoms with van der Waals surface area (Å²) in [5.41, 5.74) is 6.16. The number of esters is 1. The third-order valence-corrected chi connectivity index (χ3v) is 4.72. The predicted octanol–water partition coefficient (Wildman–Crippen LogP) is 1.33. The van der Waals surface area contributed by atoms with Crippen molar-refractivity contribution in [1.29, 1.82) is 0 Å². The molecule has 9 nitrogen and oxygen atoms in total. The van der Waals surface area contributed by atoms with Gasteiger partial charge in [-0.25, -0.2) is 4.98 Å². The Balaban J connectivity index is 1.66. The smallest absolute Gasteiger partial charge is 0.306 e. The van der Waals surface area contributed by atoms with Crippen LogP contribution in [0, 0.1) is 6.92 Å². The van der Waals surface area contributed by atoms with Gasteiger partial charge < -0.3 is 14.2 Å². The number of carbonyl (C=O) groups excluding carboxylic acids is 3. The summed E-state index contributed by atoms with van der Waals surface area (Å²) in [5, 5.41) is 2.48. The molecule has 1 heterocycles. The van der Waals surface area contributed by atoms with Crippen LogP contribution in [0.1, 0.15) is 22.7 Å². The van der Waals surface area contributed by atoms with E-state index in [0.29, 0.717) is 22.9 Å². The zero-order valence-corrected chi connectivity index (χ0v) is 17.3. The van der Waals surface area contributed by atoms with E-state index >= 15 is 0 Å². The summed E-state index contributed by atoms with van der Waals surface area (Å²) in [6.45, 7) is 1.35. The Bertz CT molecular complexity index is 867. The van der Waals surface area contributed by atoms with Gasteiger partial charge in [0.05, 0.1) is 20.6 Å². The van der Waals surface area contributed by atoms with Crippen LogP contribution < -0.4 is 20.3 Å². The van der Waals surface area contributed by atoms with Crippen LogP contribution in [-0.2, 0) is 32.0 Å². The van der Waals surface area contributed by atoms with E-state index in [1.54, 1.807) is 19.2 Å². The van der Waals surface area contributed by atoms with Gasteiger partial charge in [0, 0.05) is 17.5 Å². The molecule has 0 bridgehead atoms. The molecule has 2 aromatic rings. The molecule has 0 fully saturated rings. The average Bonchev–Trinajstić information content (AvgIpc) is 3.13. The molecule has 10 heteroatoms. The number of ether oxygens (including phenoxy) is 3. The summed E-state index contributed by atoms with van der Waals surface area (Å²) in [7, 11) is 3.08. The van der Waals surface area contributed by atoms with Gasteiger partial charge in [0.1, 0.15) is 5.01 Å². The van der Waals surface area contributed by atoms with Crippen molar-refractivity contribution < 1.29 is 28.6 Å². The van der Waals surface area contributed by atoms with Crippen molar-refractivity contribution in [3.05, 3.63) is 39.8 Å². The number of hydrazine groups is 1. The van der Waals surface area contributed by atoms with Crippen LogP contribution in [0.4, 0.5) is 0 Å². The highest BCUT2D eigenvalue weighted by molar-refractivity contribution is 7.09. The second-order valence-corrected chi connectivity index (χ2v) is 6.95. The molecule has 0 atom stereocenters. The first-order valence-electron chi connectivity index (χ1n) is 8.76. The maximum absolute atomic E-state index is 11.8. The number of aromatic nitrogens is 1. The Morgan fingerprint density at radius 2 is 1.79 bits per heavy atom. The molecule has 0 unspecified atom stereocenters. The van der Waals surface area contributed by atoms with Crippen LogP contribution in [0.15, 0.2) is 23.6 Å². The maximum Gasteiger partial charge on any atom is 0.306 e. The minimum atomic E-state index is -0.631. The quantitative estimate of drug-likeness (QED) is 0.464. The topological polar surface area (TPSA) is 116 Å². The van der Waals surface area contributed by atoms with Crippen LogP contribution in [-0.4, -0.2) is 43.6 Å². The molecule has 0 spiro atoms. The SMILES string of the molecule is COc1ccc(CCC(=O)OCC(=O)NNC(=O)Cc2nc(C)cs2)cc1OC. The van der Waals surface area contributed by atoms with Gasteiger partial charge >= 0.3 is 5.97 Å². The summed E-state index contributed by atoms with van der Waals surface area (Å²) in [6.07, 6.45) is 0.577. The number of rotatable bonds is 9. The monoisotopic (exact) mass is 421 g/mol. The number of hydrogen-bond acceptors (Lipinski definition) is 8. The molecule has 0 saturated heterocycles. The highest BCUT2D eigenvalue weighted by Crippen LogP contribution is 2.27. The highest BCUT2D eigenvalue weighted by atomic mass is 32.1. The molecule has 0 radical (unpaired) electrons. The fourth-order valence-electron chi connectivity index (χ4n) is 2.34. The van der Waals surface area contributed by atoms with Gasteiger partial charge in [-0.1, -0.05) is 6.07 Å². The van der Waals surface area contributed by atoms with Crippen molar-refractivity contribution in [1.82, 2.24) is 15.8 Å². The number of hydrogen-bond donors (Lipinski definition) is 2. The lowest BCUT2D eigenvalue weighted by molar-refractivity contribution is -0.149. The van der Waals surface area contributed by atoms with Crippen LogP contribution in [0.2, 0.25) is 0 Å². The van der Waals surface area contributed by atoms with E-state index in [2.05, 4.69) is 15.8 Å². The Morgan fingerprint density at radius 1 is 1.07 bits per heavy atom. The summed E-state index contributed by atoms with van der Waals surface area (Å²) in [6, 6.07) is 5.35. The van der Waals surface area contributed by atoms with Gasteiger partial charge in [-0.05, 0) is 31.0 Å². The van der Waals surface area contributed by atoms with E-state index in [-0.39, 0.29) is 12.8 Å². The van der Waals surface area contributed by atoms with Gasteiger partial charge in [-0.3, -0.25) is 25.2 Å². The third kappa shape index (κ3) is 7.41. The second kappa shape index (κ2) is 11.0. The molecule has 2 N–H and O–H groups in total. The zero-order valence-electron chi connectivity index (χ0n) is 16.4. The first kappa shape index (κ1) is 22.2. The second-order valence-electron chi connectivity index (χ2n) is 6.01. The zero-order chi connectivity index (χ0) is 21.2. The average molecular weight is 421 g/mol. The maximum atomic E-state index is 11.8. The van der Waals surface area contributed by atoms with Gasteiger partial charge in [-0.2, -0.15) is 0 Å². The molecule has 2 rings (SSSR count). The fourth-order valence-corrected chi connectivity index (χ4v) is 3.11. The number of amides is 2. The first-order valence-corrected chi connectivity index (χ1v) is 9.64. The normalized spacial score (nSPS) is 10.2. The summed E-state index contributed by atoms with van der Waals surface area (Å²) < 4.78 is 15.3. The van der Waals surface area contributed by atoms with Gasteiger partial charge in [0.15, 0.2) is 18.1 Å². The molecule has 2 amide bonds. The van der Waals surface area contributed by atoms with Crippen molar-refractivity contribution >= 4 is 29.1 Å². The molecule has 1 aromatic heterocycles. The van der Waals surface area contributed by atoms with Gasteiger partial charge in [0.25, 0.3) is 5.91 Å². The Hall–Kier alpha value is -3.14. The highest BCUT2D eigenvalue weighted by Gasteiger charge is 2.11. The van der Waals surface area contributed by atoms with Crippen molar-refractivity contribution in [2.45, 2.75) is 26.2 Å². The van der Waals surface area contributed by atoms with Crippen LogP contribution in [0.25, 0.3) is 0 Å². The van der Waals surface area contributed by atoms with Crippen molar-refractivity contribution in [3.8, 4) is 11.5 Å². The van der Waals surface area contributed by atoms with E-state index in [4.69, 9.17) is 14.2 Å². The number of benzene rings is 1. The molecule has 1 aromatic carbocycles. The van der Waals surface area contributed by atoms with Crippen LogP contribution in [0.3, 0.4) is 0 Å². The summed E-state index contributed by atoms with van der Waals surface area (Å²) in [4.78, 5) is 39.4. The molecular formula is C19H23N3O6S. The van der Waals surface area contributed by atoms with Crippen LogP contribution >= 0.6 is 11.3 Å². The number of nitrogens with one attached hydrogen (secondary N) is 2. The summed E-state index contributed by atoms with van der Waals surface area (Å²) >= 11 is 1.37. The molecule has 0 aliphatic heterocycles. The fraction of sp³-hybridized carbons (Fsp3) is 0.368. The third-order valence-electron chi connectivity index (χ3n) is 3.75. The predicted molar refractivity (Wildman–Crippen MR) is 106 cm³/mol. The largest absolute Gasteiger partial charge is 0.493 e. The van der Waals surface area contributed by atoms with E-state index in [1.807, 2.05) is 18.4 Å². The first-order chi connectivity index (χ1) is 13.9. The lowest BCUT2D eigenvalue weighted by atomic mass is 10.1. The standard InChI is InChI=1S/C19H23N3O6S/c1-12-11-29-18(20-12)9-16(23)21-22-17(24)10-28-19(25)7-5-13-4-6-14(26-2)15(8-13)27-3/h4,6,8,11H,5,7,9-10H2,1-3H3,(H,21,23)(H,22,24). The Kier molecular flexibility index (Phi) is 8.41. The van der Waals surface area contributed by atoms with Gasteiger partial charge in [-0.15, -0.1) is 11.3 Å². The Labute approximate surface area is 172 Å². The molecular weight excluding hydrogens is 398 g/mol. The molecule has 0 aliphatic carbocycles. The Morgan fingerprint density at radius 3 is 2.45 bits per heavy atom. The number of thiazole rings is 1. The molecule has 29 heavy (non-hydrogen) atoms. The van der Waals surface area contributed by atoms with Crippen molar-refractivity contribution in [2.24, 2.45) is 0 Å². The number of nitrogens with zero attached hydrogens (tertiary/aromatic N) is 1. The van der Waals surface area contributed by atoms with E-state index < -0.39 is 24.4 Å². The van der Waals surface area contributed by atoms with E-state index in [9.17, 15) is 14.4 Å². The number of carbonyl (C=O) groups is 3. The minimum Gasteiger partial charge on any atom is -0.493 e. The number of methoxy groups -OCH3 is 2. The van der Waals surface area contributed by atoms with Crippen LogP contribution in [0.5, 0.6) is 11.5 Å². The minimum absolute atomic E-state index is 0.0594. The van der Waals surface area contributed by atoms with E-state index in [0.717, 1.165) is 11.3 Å². The lowest BCUT2D eigenvalue weighted by Crippen LogP contribution is -2.44. The van der Waals surface area contributed by atoms with Gasteiger partial charge in [0.2, 0.25) is 5.91 Å². The van der Waals surface area contributed by atoms with Crippen molar-refractivity contribution in [3.63, 3.8) is 0 Å². The van der Waals surface area contributed by atoms with Crippen molar-refractivity contribution in [2.75, 3.05) is 20.8 Å². The summed E-state index contributed by atoms with van der Waals surface area (Å²) in [5.74, 6) is -0.399. The lowest BCUT2D eigenvalue weighted by Gasteiger charge is -2.10. The number of aryl methyl sites for hydroxylation is 2. The molecule has 0 saturated carbocycles. The molecule has 156 valence electrons. The molecule has 0 aliphatic rings.